The molecule has 63 heavy (non-hydrogen) atoms. The predicted molar refractivity (Wildman–Crippen MR) is 253 cm³/mol. The highest BCUT2D eigenvalue weighted by Crippen LogP contribution is 2.30. The van der Waals surface area contributed by atoms with Crippen molar-refractivity contribution in [3.63, 3.8) is 0 Å². The lowest BCUT2D eigenvalue weighted by Gasteiger charge is -2.18. The zero-order valence-corrected chi connectivity index (χ0v) is 37.7. The Kier molecular flexibility index (Phi) is 18.5. The van der Waals surface area contributed by atoms with Gasteiger partial charge < -0.3 is 25.6 Å². The number of nitrogen functional groups attached to an aromatic ring is 1. The molecule has 4 N–H and O–H groups in total. The number of nitrogens with one attached hydrogen (secondary N) is 1. The van der Waals surface area contributed by atoms with Gasteiger partial charge in [-0.1, -0.05) is 90.3 Å². The van der Waals surface area contributed by atoms with E-state index in [0.29, 0.717) is 31.6 Å². The number of aryl methyl sites for hydroxylation is 5. The number of carbonyl (C=O) groups is 3. The molecule has 0 bridgehead atoms. The zero-order chi connectivity index (χ0) is 45.1. The standard InChI is InChI=1S/C53H64N4O6/c1-6-11-12-14-17-36-19-21-45(22-20-36)56-57-46-23-25-47(26-24-46)62-27-16-13-15-18-49(58)63-48-34-43(33-44(35-48)53(60)61)52(59)55-51-41(9-4)31-38(32-42(51)10-5)28-37-29-39(7-2)50(54)40(8-3)30-37/h19-26,29-35H,6-18,27-28,54H2,1-5H3,(H,55,59)(H,60,61). The first-order valence-corrected chi connectivity index (χ1v) is 22.7. The molecule has 0 aliphatic rings. The van der Waals surface area contributed by atoms with Crippen LogP contribution in [0.3, 0.4) is 0 Å². The molecule has 332 valence electrons. The summed E-state index contributed by atoms with van der Waals surface area (Å²) in [5.74, 6) is -1.51. The van der Waals surface area contributed by atoms with Crippen molar-refractivity contribution in [1.29, 1.82) is 0 Å². The van der Waals surface area contributed by atoms with Crippen molar-refractivity contribution in [2.75, 3.05) is 17.7 Å². The van der Waals surface area contributed by atoms with Gasteiger partial charge in [-0.05, 0) is 158 Å². The molecule has 0 radical (unpaired) electrons. The first-order chi connectivity index (χ1) is 30.5. The highest BCUT2D eigenvalue weighted by Gasteiger charge is 2.19. The van der Waals surface area contributed by atoms with Gasteiger partial charge in [0.2, 0.25) is 0 Å². The van der Waals surface area contributed by atoms with Gasteiger partial charge in [-0.25, -0.2) is 4.79 Å². The average Bonchev–Trinajstić information content (AvgIpc) is 3.29. The number of carboxylic acid groups (broad SMARTS) is 1. The Bertz CT molecular complexity index is 2290. The molecule has 5 aromatic rings. The van der Waals surface area contributed by atoms with E-state index in [9.17, 15) is 19.5 Å². The van der Waals surface area contributed by atoms with E-state index in [1.165, 1.54) is 55.0 Å². The Hall–Kier alpha value is -6.29. The van der Waals surface area contributed by atoms with Crippen LogP contribution >= 0.6 is 0 Å². The molecule has 10 heteroatoms. The van der Waals surface area contributed by atoms with E-state index in [4.69, 9.17) is 15.2 Å². The maximum Gasteiger partial charge on any atom is 0.335 e. The maximum absolute atomic E-state index is 13.8. The van der Waals surface area contributed by atoms with Crippen molar-refractivity contribution in [2.45, 2.75) is 125 Å². The van der Waals surface area contributed by atoms with Crippen LogP contribution in [0.1, 0.15) is 146 Å². The summed E-state index contributed by atoms with van der Waals surface area (Å²) in [7, 11) is 0. The van der Waals surface area contributed by atoms with Crippen LogP contribution in [0.2, 0.25) is 0 Å². The number of amides is 1. The van der Waals surface area contributed by atoms with Crippen LogP contribution in [-0.4, -0.2) is 29.6 Å². The molecular formula is C53H64N4O6. The Balaban J connectivity index is 1.10. The summed E-state index contributed by atoms with van der Waals surface area (Å²) in [6, 6.07) is 28.3. The summed E-state index contributed by atoms with van der Waals surface area (Å²) in [4.78, 5) is 38.7. The summed E-state index contributed by atoms with van der Waals surface area (Å²) in [5, 5.41) is 21.6. The second-order valence-electron chi connectivity index (χ2n) is 16.0. The summed E-state index contributed by atoms with van der Waals surface area (Å²) in [6.07, 6.45) is 12.0. The number of hydrogen-bond acceptors (Lipinski definition) is 8. The quantitative estimate of drug-likeness (QED) is 0.0184. The Labute approximate surface area is 373 Å². The molecule has 0 heterocycles. The SMILES string of the molecule is CCCCCCc1ccc(N=Nc2ccc(OCCCCCC(=O)Oc3cc(C(=O)O)cc(C(=O)Nc4c(CC)cc(Cc5cc(CC)c(N)c(CC)c5)cc4CC)c3)cc2)cc1. The maximum atomic E-state index is 13.8. The Morgan fingerprint density at radius 3 is 1.73 bits per heavy atom. The van der Waals surface area contributed by atoms with Crippen molar-refractivity contribution < 1.29 is 29.0 Å². The molecule has 0 aromatic heterocycles. The number of nitrogens with zero attached hydrogens (tertiary/aromatic N) is 2. The van der Waals surface area contributed by atoms with Crippen LogP contribution in [0, 0.1) is 0 Å². The van der Waals surface area contributed by atoms with E-state index < -0.39 is 17.8 Å². The van der Waals surface area contributed by atoms with E-state index >= 15 is 0 Å². The largest absolute Gasteiger partial charge is 0.494 e. The number of ether oxygens (including phenoxy) is 2. The molecule has 10 nitrogen and oxygen atoms in total. The molecule has 0 spiro atoms. The van der Waals surface area contributed by atoms with Crippen molar-refractivity contribution in [3.05, 3.63) is 141 Å². The van der Waals surface area contributed by atoms with Crippen LogP contribution < -0.4 is 20.5 Å². The van der Waals surface area contributed by atoms with Crippen LogP contribution in [0.5, 0.6) is 11.5 Å². The average molecular weight is 853 g/mol. The van der Waals surface area contributed by atoms with Crippen LogP contribution in [0.25, 0.3) is 0 Å². The molecule has 0 unspecified atom stereocenters. The number of carboxylic acids is 1. The minimum absolute atomic E-state index is 0.00519. The lowest BCUT2D eigenvalue weighted by Crippen LogP contribution is -2.17. The second-order valence-corrected chi connectivity index (χ2v) is 16.0. The van der Waals surface area contributed by atoms with Gasteiger partial charge in [0.15, 0.2) is 0 Å². The second kappa shape index (κ2) is 24.4. The van der Waals surface area contributed by atoms with Crippen LogP contribution in [0.15, 0.2) is 101 Å². The number of rotatable bonds is 24. The third kappa shape index (κ3) is 14.4. The molecule has 0 fully saturated rings. The van der Waals surface area contributed by atoms with Gasteiger partial charge in [-0.3, -0.25) is 9.59 Å². The molecule has 1 amide bonds. The third-order valence-corrected chi connectivity index (χ3v) is 11.3. The number of esters is 1. The minimum Gasteiger partial charge on any atom is -0.494 e. The van der Waals surface area contributed by atoms with E-state index in [-0.39, 0.29) is 23.3 Å². The van der Waals surface area contributed by atoms with Gasteiger partial charge in [-0.15, -0.1) is 0 Å². The Morgan fingerprint density at radius 2 is 1.16 bits per heavy atom. The molecule has 0 saturated carbocycles. The van der Waals surface area contributed by atoms with Gasteiger partial charge in [0.05, 0.1) is 23.5 Å². The van der Waals surface area contributed by atoms with Gasteiger partial charge in [0, 0.05) is 23.4 Å². The number of anilines is 2. The number of hydrogen-bond donors (Lipinski definition) is 3. The predicted octanol–water partition coefficient (Wildman–Crippen LogP) is 13.1. The number of benzene rings is 5. The molecule has 5 rings (SSSR count). The molecule has 0 saturated heterocycles. The molecule has 0 atom stereocenters. The van der Waals surface area contributed by atoms with Gasteiger partial charge in [0.1, 0.15) is 11.5 Å². The fourth-order valence-electron chi connectivity index (χ4n) is 7.66. The molecular weight excluding hydrogens is 789 g/mol. The topological polar surface area (TPSA) is 153 Å². The Morgan fingerprint density at radius 1 is 0.603 bits per heavy atom. The van der Waals surface area contributed by atoms with Gasteiger partial charge in [0.25, 0.3) is 5.91 Å². The number of unbranched alkanes of at least 4 members (excludes halogenated alkanes) is 5. The first kappa shape index (κ1) is 47.8. The normalized spacial score (nSPS) is 11.2. The zero-order valence-electron chi connectivity index (χ0n) is 37.7. The summed E-state index contributed by atoms with van der Waals surface area (Å²) >= 11 is 0. The highest BCUT2D eigenvalue weighted by molar-refractivity contribution is 6.07. The number of aromatic carboxylic acids is 1. The van der Waals surface area contributed by atoms with Crippen molar-refractivity contribution >= 4 is 40.6 Å². The van der Waals surface area contributed by atoms with Gasteiger partial charge >= 0.3 is 11.9 Å². The van der Waals surface area contributed by atoms with Crippen molar-refractivity contribution in [3.8, 4) is 11.5 Å². The van der Waals surface area contributed by atoms with E-state index in [1.807, 2.05) is 50.2 Å². The van der Waals surface area contributed by atoms with Crippen LogP contribution in [0.4, 0.5) is 22.7 Å². The van der Waals surface area contributed by atoms with E-state index in [1.54, 1.807) is 0 Å². The first-order valence-electron chi connectivity index (χ1n) is 22.7. The minimum atomic E-state index is -1.23. The third-order valence-electron chi connectivity index (χ3n) is 11.3. The molecule has 0 aliphatic carbocycles. The fourth-order valence-corrected chi connectivity index (χ4v) is 7.66. The summed E-state index contributed by atoms with van der Waals surface area (Å²) in [6.45, 7) is 11.0. The van der Waals surface area contributed by atoms with Crippen LogP contribution in [-0.2, 0) is 43.3 Å². The van der Waals surface area contributed by atoms with Crippen molar-refractivity contribution in [2.24, 2.45) is 10.2 Å². The van der Waals surface area contributed by atoms with E-state index in [0.717, 1.165) is 89.2 Å². The highest BCUT2D eigenvalue weighted by atomic mass is 16.5. The fraction of sp³-hybridized carbons (Fsp3) is 0.377. The number of azo groups is 1. The van der Waals surface area contributed by atoms with Crippen molar-refractivity contribution in [1.82, 2.24) is 0 Å². The van der Waals surface area contributed by atoms with Gasteiger partial charge in [-0.2, -0.15) is 10.2 Å². The summed E-state index contributed by atoms with van der Waals surface area (Å²) < 4.78 is 11.5. The summed E-state index contributed by atoms with van der Waals surface area (Å²) in [5.41, 5.74) is 17.4. The monoisotopic (exact) mass is 852 g/mol. The smallest absolute Gasteiger partial charge is 0.335 e. The molecule has 0 aliphatic heterocycles. The lowest BCUT2D eigenvalue weighted by molar-refractivity contribution is -0.134. The lowest BCUT2D eigenvalue weighted by atomic mass is 9.92. The number of nitrogens with two attached hydrogens (primary N) is 1. The van der Waals surface area contributed by atoms with E-state index in [2.05, 4.69) is 72.7 Å². The number of carbonyl (C=O) groups excluding carboxylic acids is 2. The molecule has 5 aromatic carbocycles.